The van der Waals surface area contributed by atoms with Crippen molar-refractivity contribution in [2.45, 2.75) is 38.1 Å². The molecule has 3 aliphatic heterocycles. The highest BCUT2D eigenvalue weighted by molar-refractivity contribution is 5.95. The van der Waals surface area contributed by atoms with Crippen molar-refractivity contribution in [2.24, 2.45) is 0 Å². The number of benzene rings is 1. The number of carbonyl (C=O) groups excluding carboxylic acids is 1. The zero-order valence-corrected chi connectivity index (χ0v) is 14.9. The number of fused-ring (bicyclic) bond motifs is 2. The van der Waals surface area contributed by atoms with Crippen LogP contribution in [0.15, 0.2) is 42.6 Å². The number of piperidine rings is 1. The van der Waals surface area contributed by atoms with Crippen LogP contribution >= 0.6 is 0 Å². The number of hydrogen-bond donors (Lipinski definition) is 0. The van der Waals surface area contributed by atoms with Crippen LogP contribution in [0.4, 0.5) is 13.2 Å². The van der Waals surface area contributed by atoms with Crippen molar-refractivity contribution in [3.63, 3.8) is 0 Å². The molecule has 2 atom stereocenters. The Morgan fingerprint density at radius 2 is 1.78 bits per heavy atom. The number of pyridine rings is 1. The molecule has 2 bridgehead atoms. The normalized spacial score (nSPS) is 22.4. The van der Waals surface area contributed by atoms with Crippen LogP contribution in [0.2, 0.25) is 0 Å². The fourth-order valence-electron chi connectivity index (χ4n) is 3.95. The number of aryl methyl sites for hydroxylation is 1. The number of hydrogen-bond acceptors (Lipinski definition) is 3. The molecule has 0 spiro atoms. The topological polar surface area (TPSA) is 36.4 Å². The number of amides is 1. The zero-order valence-electron chi connectivity index (χ0n) is 14.9. The molecule has 1 aromatic carbocycles. The molecule has 4 heterocycles. The molecule has 0 aliphatic carbocycles. The molecule has 0 radical (unpaired) electrons. The Morgan fingerprint density at radius 3 is 2.33 bits per heavy atom. The quantitative estimate of drug-likeness (QED) is 0.824. The van der Waals surface area contributed by atoms with Gasteiger partial charge in [-0.3, -0.25) is 14.7 Å². The SMILES string of the molecule is Cc1ccc(C(=O)N2C3CC2CN(Cc2ccc(C(F)(F)F)nc2)C3)cc1. The van der Waals surface area contributed by atoms with Crippen LogP contribution < -0.4 is 0 Å². The summed E-state index contributed by atoms with van der Waals surface area (Å²) < 4.78 is 37.8. The van der Waals surface area contributed by atoms with Crippen molar-refractivity contribution in [1.82, 2.24) is 14.8 Å². The molecule has 27 heavy (non-hydrogen) atoms. The third-order valence-corrected chi connectivity index (χ3v) is 5.32. The van der Waals surface area contributed by atoms with Crippen LogP contribution in [-0.4, -0.2) is 45.9 Å². The van der Waals surface area contributed by atoms with Gasteiger partial charge in [-0.1, -0.05) is 23.8 Å². The van der Waals surface area contributed by atoms with E-state index in [0.29, 0.717) is 12.1 Å². The minimum Gasteiger partial charge on any atom is -0.330 e. The number of carbonyl (C=O) groups is 1. The van der Waals surface area contributed by atoms with Crippen LogP contribution in [0.1, 0.15) is 33.6 Å². The van der Waals surface area contributed by atoms with E-state index >= 15 is 0 Å². The minimum atomic E-state index is -4.41. The van der Waals surface area contributed by atoms with Crippen molar-refractivity contribution in [1.29, 1.82) is 0 Å². The van der Waals surface area contributed by atoms with Crippen LogP contribution in [0.3, 0.4) is 0 Å². The van der Waals surface area contributed by atoms with Gasteiger partial charge in [0.25, 0.3) is 5.91 Å². The van der Waals surface area contributed by atoms with Gasteiger partial charge in [-0.05, 0) is 37.1 Å². The summed E-state index contributed by atoms with van der Waals surface area (Å²) in [5.74, 6) is 0.0621. The number of alkyl halides is 3. The molecule has 142 valence electrons. The Kier molecular flexibility index (Phi) is 4.42. The smallest absolute Gasteiger partial charge is 0.330 e. The first-order valence-electron chi connectivity index (χ1n) is 8.95. The summed E-state index contributed by atoms with van der Waals surface area (Å²) in [6.45, 7) is 4.00. The van der Waals surface area contributed by atoms with Gasteiger partial charge in [-0.15, -0.1) is 0 Å². The van der Waals surface area contributed by atoms with Gasteiger partial charge in [-0.2, -0.15) is 13.2 Å². The van der Waals surface area contributed by atoms with E-state index in [1.165, 1.54) is 12.3 Å². The molecular weight excluding hydrogens is 355 g/mol. The predicted molar refractivity (Wildman–Crippen MR) is 94.1 cm³/mol. The lowest BCUT2D eigenvalue weighted by atomic mass is 9.86. The van der Waals surface area contributed by atoms with Gasteiger partial charge < -0.3 is 4.90 Å². The van der Waals surface area contributed by atoms with E-state index in [4.69, 9.17) is 0 Å². The summed E-state index contributed by atoms with van der Waals surface area (Å²) in [6, 6.07) is 10.4. The number of piperazine rings is 1. The maximum atomic E-state index is 12.7. The third kappa shape index (κ3) is 3.56. The summed E-state index contributed by atoms with van der Waals surface area (Å²) in [7, 11) is 0. The fraction of sp³-hybridized carbons (Fsp3) is 0.400. The molecule has 2 aromatic rings. The molecular formula is C20H20F3N3O. The van der Waals surface area contributed by atoms with Crippen molar-refractivity contribution >= 4 is 5.91 Å². The molecule has 0 saturated carbocycles. The number of aromatic nitrogens is 1. The molecule has 3 saturated heterocycles. The maximum Gasteiger partial charge on any atom is 0.433 e. The molecule has 1 amide bonds. The van der Waals surface area contributed by atoms with Gasteiger partial charge in [0.15, 0.2) is 0 Å². The molecule has 5 rings (SSSR count). The van der Waals surface area contributed by atoms with E-state index in [-0.39, 0.29) is 18.0 Å². The average molecular weight is 375 g/mol. The fourth-order valence-corrected chi connectivity index (χ4v) is 3.95. The zero-order chi connectivity index (χ0) is 19.2. The second-order valence-corrected chi connectivity index (χ2v) is 7.37. The van der Waals surface area contributed by atoms with Gasteiger partial charge in [0, 0.05) is 43.5 Å². The predicted octanol–water partition coefficient (Wildman–Crippen LogP) is 3.51. The largest absolute Gasteiger partial charge is 0.433 e. The van der Waals surface area contributed by atoms with Gasteiger partial charge >= 0.3 is 6.18 Å². The van der Waals surface area contributed by atoms with E-state index in [9.17, 15) is 18.0 Å². The Balaban J connectivity index is 1.37. The molecule has 2 unspecified atom stereocenters. The van der Waals surface area contributed by atoms with Crippen molar-refractivity contribution in [2.75, 3.05) is 13.1 Å². The van der Waals surface area contributed by atoms with Crippen LogP contribution in [0.25, 0.3) is 0 Å². The summed E-state index contributed by atoms with van der Waals surface area (Å²) in [6.07, 6.45) is -2.14. The molecule has 7 heteroatoms. The Labute approximate surface area is 155 Å². The lowest BCUT2D eigenvalue weighted by Gasteiger charge is -2.56. The van der Waals surface area contributed by atoms with E-state index in [1.807, 2.05) is 36.1 Å². The van der Waals surface area contributed by atoms with E-state index in [0.717, 1.165) is 36.7 Å². The van der Waals surface area contributed by atoms with Crippen molar-refractivity contribution < 1.29 is 18.0 Å². The lowest BCUT2D eigenvalue weighted by molar-refractivity contribution is -0.141. The van der Waals surface area contributed by atoms with Crippen molar-refractivity contribution in [3.05, 3.63) is 65.0 Å². The van der Waals surface area contributed by atoms with Gasteiger partial charge in [0.2, 0.25) is 0 Å². The monoisotopic (exact) mass is 375 g/mol. The average Bonchev–Trinajstić information content (AvgIpc) is 2.62. The maximum absolute atomic E-state index is 12.7. The molecule has 1 aromatic heterocycles. The Hall–Kier alpha value is -2.41. The van der Waals surface area contributed by atoms with E-state index in [2.05, 4.69) is 9.88 Å². The van der Waals surface area contributed by atoms with Gasteiger partial charge in [0.05, 0.1) is 0 Å². The summed E-state index contributed by atoms with van der Waals surface area (Å²) in [4.78, 5) is 20.4. The molecule has 3 aliphatic rings. The van der Waals surface area contributed by atoms with Crippen LogP contribution in [0, 0.1) is 6.92 Å². The first-order chi connectivity index (χ1) is 12.8. The highest BCUT2D eigenvalue weighted by atomic mass is 19.4. The third-order valence-electron chi connectivity index (χ3n) is 5.32. The second kappa shape index (κ2) is 6.64. The molecule has 0 N–H and O–H groups in total. The first-order valence-corrected chi connectivity index (χ1v) is 8.95. The Morgan fingerprint density at radius 1 is 1.11 bits per heavy atom. The number of halogens is 3. The van der Waals surface area contributed by atoms with E-state index < -0.39 is 11.9 Å². The summed E-state index contributed by atoms with van der Waals surface area (Å²) in [5.41, 5.74) is 1.70. The van der Waals surface area contributed by atoms with Crippen LogP contribution in [-0.2, 0) is 12.7 Å². The summed E-state index contributed by atoms with van der Waals surface area (Å²) in [5, 5.41) is 0. The first kappa shape index (κ1) is 18.0. The standard InChI is InChI=1S/C20H20F3N3O/c1-13-2-5-15(6-3-13)19(27)26-16-8-17(26)12-25(11-16)10-14-4-7-18(24-9-14)20(21,22)23/h2-7,9,16-17H,8,10-12H2,1H3. The number of rotatable bonds is 3. The highest BCUT2D eigenvalue weighted by Crippen LogP contribution is 2.34. The second-order valence-electron chi connectivity index (χ2n) is 7.37. The van der Waals surface area contributed by atoms with Crippen molar-refractivity contribution in [3.8, 4) is 0 Å². The highest BCUT2D eigenvalue weighted by Gasteiger charge is 2.47. The van der Waals surface area contributed by atoms with Crippen LogP contribution in [0.5, 0.6) is 0 Å². The summed E-state index contributed by atoms with van der Waals surface area (Å²) >= 11 is 0. The molecule has 4 nitrogen and oxygen atoms in total. The Bertz CT molecular complexity index is 821. The lowest BCUT2D eigenvalue weighted by Crippen LogP contribution is -2.69. The van der Waals surface area contributed by atoms with Gasteiger partial charge in [-0.25, -0.2) is 0 Å². The minimum absolute atomic E-state index is 0.0621. The van der Waals surface area contributed by atoms with Gasteiger partial charge in [0.1, 0.15) is 5.69 Å². The number of nitrogens with zero attached hydrogens (tertiary/aromatic N) is 3. The molecule has 3 fully saturated rings. The van der Waals surface area contributed by atoms with E-state index in [1.54, 1.807) is 0 Å².